The second kappa shape index (κ2) is 5.67. The van der Waals surface area contributed by atoms with Crippen LogP contribution in [0.3, 0.4) is 0 Å². The van der Waals surface area contributed by atoms with Gasteiger partial charge in [0.1, 0.15) is 10.7 Å². The average molecular weight is 185 g/mol. The lowest BCUT2D eigenvalue weighted by Gasteiger charge is -2.08. The Kier molecular flexibility index (Phi) is 5.22. The molecule has 0 amide bonds. The van der Waals surface area contributed by atoms with E-state index in [4.69, 9.17) is 5.26 Å². The first-order valence-corrected chi connectivity index (χ1v) is 4.26. The first-order valence-electron chi connectivity index (χ1n) is 3.38. The highest BCUT2D eigenvalue weighted by atomic mass is 32.2. The Labute approximate surface area is 76.4 Å². The Bertz CT molecular complexity index is 220. The largest absolute Gasteiger partial charge is 0.468 e. The number of esters is 1. The van der Waals surface area contributed by atoms with Gasteiger partial charge in [0, 0.05) is 0 Å². The number of hydrogen-bond acceptors (Lipinski definition) is 4. The first kappa shape index (κ1) is 11.1. The number of rotatable bonds is 4. The van der Waals surface area contributed by atoms with Crippen LogP contribution in [0.1, 0.15) is 13.3 Å². The molecule has 0 N–H and O–H groups in total. The van der Waals surface area contributed by atoms with E-state index in [1.807, 2.05) is 12.3 Å². The molecule has 0 saturated carbocycles. The van der Waals surface area contributed by atoms with Gasteiger partial charge in [0.05, 0.1) is 7.11 Å². The van der Waals surface area contributed by atoms with Gasteiger partial charge in [-0.25, -0.2) is 0 Å². The van der Waals surface area contributed by atoms with Crippen LogP contribution in [0, 0.1) is 10.7 Å². The van der Waals surface area contributed by atoms with E-state index in [-0.39, 0.29) is 5.97 Å². The summed E-state index contributed by atoms with van der Waals surface area (Å²) in [7, 11) is 1.31. The summed E-state index contributed by atoms with van der Waals surface area (Å²) in [6.45, 7) is 5.48. The fraction of sp³-hybridized carbons (Fsp3) is 0.500. The number of nitrogens with zero attached hydrogens (tertiary/aromatic N) is 1. The van der Waals surface area contributed by atoms with Gasteiger partial charge in [0.2, 0.25) is 0 Å². The molecule has 0 bridgehead atoms. The quantitative estimate of drug-likeness (QED) is 0.380. The number of nitriles is 1. The predicted octanol–water partition coefficient (Wildman–Crippen LogP) is 1.71. The summed E-state index contributed by atoms with van der Waals surface area (Å²) >= 11 is 0.908. The molecule has 0 radical (unpaired) electrons. The fourth-order valence-electron chi connectivity index (χ4n) is 0.685. The molecule has 0 aromatic heterocycles. The Morgan fingerprint density at radius 3 is 2.75 bits per heavy atom. The number of methoxy groups -OCH3 is 1. The zero-order valence-corrected chi connectivity index (χ0v) is 7.98. The number of thiocyanates is 1. The van der Waals surface area contributed by atoms with Crippen molar-refractivity contribution >= 4 is 17.7 Å². The molecule has 0 spiro atoms. The van der Waals surface area contributed by atoms with Crippen LogP contribution in [0.25, 0.3) is 0 Å². The summed E-state index contributed by atoms with van der Waals surface area (Å²) in [4.78, 5) is 11.0. The molecule has 12 heavy (non-hydrogen) atoms. The van der Waals surface area contributed by atoms with Crippen molar-refractivity contribution in [1.82, 2.24) is 0 Å². The zero-order valence-electron chi connectivity index (χ0n) is 7.16. The van der Waals surface area contributed by atoms with Gasteiger partial charge in [-0.05, 0) is 25.1 Å². The molecule has 0 saturated heterocycles. The molecule has 0 aliphatic rings. The van der Waals surface area contributed by atoms with Crippen LogP contribution in [0.5, 0.6) is 0 Å². The van der Waals surface area contributed by atoms with Crippen LogP contribution in [0.4, 0.5) is 0 Å². The van der Waals surface area contributed by atoms with Crippen molar-refractivity contribution in [3.8, 4) is 5.40 Å². The molecule has 1 unspecified atom stereocenters. The van der Waals surface area contributed by atoms with Crippen molar-refractivity contribution in [1.29, 1.82) is 5.26 Å². The van der Waals surface area contributed by atoms with Crippen LogP contribution < -0.4 is 0 Å². The summed E-state index contributed by atoms with van der Waals surface area (Å²) in [6, 6.07) is 0. The first-order chi connectivity index (χ1) is 5.61. The van der Waals surface area contributed by atoms with Gasteiger partial charge >= 0.3 is 5.97 Å². The second-order valence-electron chi connectivity index (χ2n) is 2.38. The molecule has 3 nitrogen and oxygen atoms in total. The number of allylic oxidation sites excluding steroid dienone is 1. The van der Waals surface area contributed by atoms with E-state index in [9.17, 15) is 4.79 Å². The van der Waals surface area contributed by atoms with Crippen molar-refractivity contribution in [2.24, 2.45) is 0 Å². The number of carbonyl (C=O) groups excluding carboxylic acids is 1. The average Bonchev–Trinajstić information content (AvgIpc) is 2.01. The van der Waals surface area contributed by atoms with Crippen molar-refractivity contribution < 1.29 is 9.53 Å². The summed E-state index contributed by atoms with van der Waals surface area (Å²) < 4.78 is 4.51. The number of carbonyl (C=O) groups is 1. The minimum Gasteiger partial charge on any atom is -0.468 e. The molecule has 0 rings (SSSR count). The summed E-state index contributed by atoms with van der Waals surface area (Å²) in [5.41, 5.74) is 0.869. The van der Waals surface area contributed by atoms with Gasteiger partial charge in [-0.1, -0.05) is 5.57 Å². The molecule has 66 valence electrons. The van der Waals surface area contributed by atoms with E-state index in [1.54, 1.807) is 0 Å². The van der Waals surface area contributed by atoms with Gasteiger partial charge < -0.3 is 4.74 Å². The molecular formula is C8H11NO2S. The fourth-order valence-corrected chi connectivity index (χ4v) is 1.37. The molecule has 4 heteroatoms. The van der Waals surface area contributed by atoms with E-state index in [0.717, 1.165) is 17.3 Å². The normalized spacial score (nSPS) is 11.4. The number of thioether (sulfide) groups is 1. The van der Waals surface area contributed by atoms with E-state index in [2.05, 4.69) is 11.3 Å². The standard InChI is InChI=1S/C8H11NO2S/c1-6(2)4-7(12-5-9)8(10)11-3/h7H,1,4H2,2-3H3. The lowest BCUT2D eigenvalue weighted by molar-refractivity contribution is -0.139. The summed E-state index contributed by atoms with van der Waals surface area (Å²) in [5, 5.41) is 9.80. The summed E-state index contributed by atoms with van der Waals surface area (Å²) in [6.07, 6.45) is 0.491. The Morgan fingerprint density at radius 2 is 2.42 bits per heavy atom. The van der Waals surface area contributed by atoms with E-state index in [1.165, 1.54) is 7.11 Å². The Balaban J connectivity index is 4.14. The van der Waals surface area contributed by atoms with Crippen molar-refractivity contribution in [3.05, 3.63) is 12.2 Å². The third kappa shape index (κ3) is 4.04. The predicted molar refractivity (Wildman–Crippen MR) is 48.4 cm³/mol. The van der Waals surface area contributed by atoms with Crippen LogP contribution in [-0.4, -0.2) is 18.3 Å². The minimum atomic E-state index is -0.433. The van der Waals surface area contributed by atoms with E-state index in [0.29, 0.717) is 6.42 Å². The van der Waals surface area contributed by atoms with Crippen LogP contribution >= 0.6 is 11.8 Å². The van der Waals surface area contributed by atoms with Gasteiger partial charge in [0.25, 0.3) is 0 Å². The smallest absolute Gasteiger partial charge is 0.320 e. The Morgan fingerprint density at radius 1 is 1.83 bits per heavy atom. The van der Waals surface area contributed by atoms with Crippen molar-refractivity contribution in [3.63, 3.8) is 0 Å². The molecular weight excluding hydrogens is 174 g/mol. The minimum absolute atomic E-state index is 0.371. The third-order valence-corrected chi connectivity index (χ3v) is 1.94. The monoisotopic (exact) mass is 185 g/mol. The molecule has 0 aromatic rings. The van der Waals surface area contributed by atoms with Gasteiger partial charge in [-0.15, -0.1) is 6.58 Å². The number of hydrogen-bond donors (Lipinski definition) is 0. The van der Waals surface area contributed by atoms with Crippen LogP contribution in [-0.2, 0) is 9.53 Å². The van der Waals surface area contributed by atoms with Crippen LogP contribution in [0.2, 0.25) is 0 Å². The lowest BCUT2D eigenvalue weighted by atomic mass is 10.2. The van der Waals surface area contributed by atoms with Crippen molar-refractivity contribution in [2.45, 2.75) is 18.6 Å². The molecule has 0 aliphatic heterocycles. The molecule has 0 heterocycles. The summed E-state index contributed by atoms with van der Waals surface area (Å²) in [5.74, 6) is -0.371. The zero-order chi connectivity index (χ0) is 9.56. The lowest BCUT2D eigenvalue weighted by Crippen LogP contribution is -2.18. The number of ether oxygens (including phenoxy) is 1. The Hall–Kier alpha value is -0.950. The van der Waals surface area contributed by atoms with Gasteiger partial charge in [-0.3, -0.25) is 4.79 Å². The van der Waals surface area contributed by atoms with E-state index < -0.39 is 5.25 Å². The third-order valence-electron chi connectivity index (χ3n) is 1.19. The molecule has 0 aliphatic carbocycles. The maximum Gasteiger partial charge on any atom is 0.320 e. The maximum absolute atomic E-state index is 11.0. The van der Waals surface area contributed by atoms with E-state index >= 15 is 0 Å². The van der Waals surface area contributed by atoms with Gasteiger partial charge in [0.15, 0.2) is 0 Å². The molecule has 0 fully saturated rings. The van der Waals surface area contributed by atoms with Gasteiger partial charge in [-0.2, -0.15) is 5.26 Å². The highest BCUT2D eigenvalue weighted by Gasteiger charge is 2.19. The maximum atomic E-state index is 11.0. The highest BCUT2D eigenvalue weighted by molar-refractivity contribution is 8.04. The SMILES string of the molecule is C=C(C)CC(SC#N)C(=O)OC. The highest BCUT2D eigenvalue weighted by Crippen LogP contribution is 2.18. The second-order valence-corrected chi connectivity index (χ2v) is 3.37. The topological polar surface area (TPSA) is 50.1 Å². The molecule has 1 atom stereocenters. The van der Waals surface area contributed by atoms with Crippen molar-refractivity contribution in [2.75, 3.05) is 7.11 Å². The molecule has 0 aromatic carbocycles. The van der Waals surface area contributed by atoms with Crippen LogP contribution in [0.15, 0.2) is 12.2 Å².